The maximum atomic E-state index is 11.8. The third-order valence-corrected chi connectivity index (χ3v) is 3.29. The normalized spacial score (nSPS) is 10.1. The second-order valence-corrected chi connectivity index (χ2v) is 5.41. The van der Waals surface area contributed by atoms with Crippen molar-refractivity contribution in [1.29, 1.82) is 0 Å². The van der Waals surface area contributed by atoms with Crippen molar-refractivity contribution >= 4 is 34.8 Å². The summed E-state index contributed by atoms with van der Waals surface area (Å²) in [5, 5.41) is 6.08. The van der Waals surface area contributed by atoms with E-state index in [1.54, 1.807) is 24.3 Å². The quantitative estimate of drug-likeness (QED) is 0.875. The van der Waals surface area contributed by atoms with E-state index in [1.807, 2.05) is 31.2 Å². The molecule has 0 atom stereocenters. The van der Waals surface area contributed by atoms with Crippen LogP contribution >= 0.6 is 11.6 Å². The van der Waals surface area contributed by atoms with Gasteiger partial charge in [0.25, 0.3) is 0 Å². The van der Waals surface area contributed by atoms with Gasteiger partial charge in [0.1, 0.15) is 0 Å². The monoisotopic (exact) mass is 316 g/mol. The van der Waals surface area contributed by atoms with Crippen molar-refractivity contribution < 1.29 is 9.59 Å². The van der Waals surface area contributed by atoms with E-state index in [-0.39, 0.29) is 24.7 Å². The highest BCUT2D eigenvalue weighted by molar-refractivity contribution is 6.30. The zero-order chi connectivity index (χ0) is 15.9. The second kappa shape index (κ2) is 7.61. The molecule has 2 N–H and O–H groups in total. The number of benzene rings is 2. The van der Waals surface area contributed by atoms with Gasteiger partial charge in [-0.25, -0.2) is 0 Å². The first kappa shape index (κ1) is 16.0. The van der Waals surface area contributed by atoms with Crippen LogP contribution in [0.15, 0.2) is 48.5 Å². The lowest BCUT2D eigenvalue weighted by atomic mass is 10.2. The zero-order valence-corrected chi connectivity index (χ0v) is 13.0. The van der Waals surface area contributed by atoms with Gasteiger partial charge in [-0.1, -0.05) is 29.3 Å². The molecule has 0 aromatic heterocycles. The van der Waals surface area contributed by atoms with Crippen LogP contribution in [0.1, 0.15) is 18.4 Å². The molecule has 0 bridgehead atoms. The van der Waals surface area contributed by atoms with E-state index in [0.717, 1.165) is 11.3 Å². The molecule has 2 amide bonds. The van der Waals surface area contributed by atoms with Gasteiger partial charge in [-0.05, 0) is 43.3 Å². The first-order valence-electron chi connectivity index (χ1n) is 6.95. The fraction of sp³-hybridized carbons (Fsp3) is 0.176. The molecule has 22 heavy (non-hydrogen) atoms. The Hall–Kier alpha value is -2.33. The predicted octanol–water partition coefficient (Wildman–Crippen LogP) is 4.01. The SMILES string of the molecule is Cc1ccc(NC(=O)CCC(=O)Nc2ccc(Cl)cc2)cc1. The molecule has 114 valence electrons. The van der Waals surface area contributed by atoms with Gasteiger partial charge in [-0.2, -0.15) is 0 Å². The lowest BCUT2D eigenvalue weighted by Crippen LogP contribution is -2.17. The summed E-state index contributed by atoms with van der Waals surface area (Å²) in [6.07, 6.45) is 0.258. The summed E-state index contributed by atoms with van der Waals surface area (Å²) in [6, 6.07) is 14.3. The van der Waals surface area contributed by atoms with Gasteiger partial charge in [0.2, 0.25) is 11.8 Å². The molecular formula is C17H17ClN2O2. The highest BCUT2D eigenvalue weighted by atomic mass is 35.5. The number of nitrogens with one attached hydrogen (secondary N) is 2. The number of aryl methyl sites for hydroxylation is 1. The van der Waals surface area contributed by atoms with Crippen LogP contribution in [0.3, 0.4) is 0 Å². The molecule has 0 aliphatic rings. The molecule has 0 spiro atoms. The Morgan fingerprint density at radius 2 is 1.23 bits per heavy atom. The van der Waals surface area contributed by atoms with E-state index < -0.39 is 0 Å². The summed E-state index contributed by atoms with van der Waals surface area (Å²) >= 11 is 5.77. The summed E-state index contributed by atoms with van der Waals surface area (Å²) in [5.41, 5.74) is 2.52. The number of carbonyl (C=O) groups excluding carboxylic acids is 2. The topological polar surface area (TPSA) is 58.2 Å². The van der Waals surface area contributed by atoms with Crippen molar-refractivity contribution in [3.8, 4) is 0 Å². The third kappa shape index (κ3) is 5.22. The van der Waals surface area contributed by atoms with E-state index in [2.05, 4.69) is 10.6 Å². The van der Waals surface area contributed by atoms with Crippen molar-refractivity contribution in [1.82, 2.24) is 0 Å². The van der Waals surface area contributed by atoms with Crippen molar-refractivity contribution in [2.24, 2.45) is 0 Å². The molecule has 5 heteroatoms. The highest BCUT2D eigenvalue weighted by Gasteiger charge is 2.07. The fourth-order valence-electron chi connectivity index (χ4n) is 1.84. The minimum absolute atomic E-state index is 0.125. The van der Waals surface area contributed by atoms with Crippen LogP contribution < -0.4 is 10.6 Å². The minimum atomic E-state index is -0.207. The zero-order valence-electron chi connectivity index (χ0n) is 12.2. The van der Waals surface area contributed by atoms with Crippen LogP contribution in [-0.4, -0.2) is 11.8 Å². The van der Waals surface area contributed by atoms with Gasteiger partial charge in [0, 0.05) is 29.2 Å². The summed E-state index contributed by atoms with van der Waals surface area (Å²) in [7, 11) is 0. The Kier molecular flexibility index (Phi) is 5.55. The molecule has 0 aliphatic heterocycles. The summed E-state index contributed by atoms with van der Waals surface area (Å²) in [6.45, 7) is 1.98. The first-order valence-corrected chi connectivity index (χ1v) is 7.33. The van der Waals surface area contributed by atoms with E-state index >= 15 is 0 Å². The van der Waals surface area contributed by atoms with Gasteiger partial charge >= 0.3 is 0 Å². The van der Waals surface area contributed by atoms with Gasteiger partial charge < -0.3 is 10.6 Å². The van der Waals surface area contributed by atoms with Crippen molar-refractivity contribution in [3.63, 3.8) is 0 Å². The fourth-order valence-corrected chi connectivity index (χ4v) is 1.97. The maximum absolute atomic E-state index is 11.8. The van der Waals surface area contributed by atoms with Crippen LogP contribution in [0.2, 0.25) is 5.02 Å². The molecule has 0 aliphatic carbocycles. The molecule has 2 rings (SSSR count). The Bertz CT molecular complexity index is 592. The van der Waals surface area contributed by atoms with E-state index in [0.29, 0.717) is 10.7 Å². The van der Waals surface area contributed by atoms with E-state index in [9.17, 15) is 9.59 Å². The van der Waals surface area contributed by atoms with Crippen LogP contribution in [0.4, 0.5) is 11.4 Å². The standard InChI is InChI=1S/C17H17ClN2O2/c1-12-2-6-14(7-3-12)19-16(21)10-11-17(22)20-15-8-4-13(18)5-9-15/h2-9H,10-11H2,1H3,(H,19,21)(H,20,22). The molecule has 0 saturated carbocycles. The molecule has 2 aromatic carbocycles. The number of hydrogen-bond acceptors (Lipinski definition) is 2. The minimum Gasteiger partial charge on any atom is -0.326 e. The van der Waals surface area contributed by atoms with E-state index in [1.165, 1.54) is 0 Å². The Morgan fingerprint density at radius 1 is 0.818 bits per heavy atom. The van der Waals surface area contributed by atoms with Crippen molar-refractivity contribution in [2.45, 2.75) is 19.8 Å². The summed E-state index contributed by atoms with van der Waals surface area (Å²) in [5.74, 6) is -0.392. The average molecular weight is 317 g/mol. The number of carbonyl (C=O) groups is 2. The molecule has 0 unspecified atom stereocenters. The smallest absolute Gasteiger partial charge is 0.224 e. The Balaban J connectivity index is 1.76. The number of anilines is 2. The lowest BCUT2D eigenvalue weighted by Gasteiger charge is -2.07. The summed E-state index contributed by atoms with van der Waals surface area (Å²) in [4.78, 5) is 23.6. The molecule has 0 radical (unpaired) electrons. The van der Waals surface area contributed by atoms with Gasteiger partial charge in [-0.3, -0.25) is 9.59 Å². The molecule has 0 heterocycles. The lowest BCUT2D eigenvalue weighted by molar-refractivity contribution is -0.121. The van der Waals surface area contributed by atoms with Crippen LogP contribution in [0.5, 0.6) is 0 Å². The number of hydrogen-bond donors (Lipinski definition) is 2. The van der Waals surface area contributed by atoms with Crippen LogP contribution in [-0.2, 0) is 9.59 Å². The second-order valence-electron chi connectivity index (χ2n) is 4.97. The largest absolute Gasteiger partial charge is 0.326 e. The summed E-state index contributed by atoms with van der Waals surface area (Å²) < 4.78 is 0. The van der Waals surface area contributed by atoms with Gasteiger partial charge in [-0.15, -0.1) is 0 Å². The third-order valence-electron chi connectivity index (χ3n) is 3.04. The Labute approximate surface area is 134 Å². The maximum Gasteiger partial charge on any atom is 0.224 e. The predicted molar refractivity (Wildman–Crippen MR) is 89.1 cm³/mol. The number of amides is 2. The molecule has 0 fully saturated rings. The number of rotatable bonds is 5. The highest BCUT2D eigenvalue weighted by Crippen LogP contribution is 2.14. The van der Waals surface area contributed by atoms with Gasteiger partial charge in [0.15, 0.2) is 0 Å². The van der Waals surface area contributed by atoms with Crippen LogP contribution in [0.25, 0.3) is 0 Å². The van der Waals surface area contributed by atoms with Crippen molar-refractivity contribution in [3.05, 3.63) is 59.1 Å². The molecule has 0 saturated heterocycles. The molecular weight excluding hydrogens is 300 g/mol. The van der Waals surface area contributed by atoms with Gasteiger partial charge in [0.05, 0.1) is 0 Å². The van der Waals surface area contributed by atoms with Crippen LogP contribution in [0, 0.1) is 6.92 Å². The van der Waals surface area contributed by atoms with E-state index in [4.69, 9.17) is 11.6 Å². The van der Waals surface area contributed by atoms with Crippen molar-refractivity contribution in [2.75, 3.05) is 10.6 Å². The number of halogens is 1. The molecule has 4 nitrogen and oxygen atoms in total. The molecule has 2 aromatic rings. The average Bonchev–Trinajstić information content (AvgIpc) is 2.50. The first-order chi connectivity index (χ1) is 10.5. The Morgan fingerprint density at radius 3 is 1.68 bits per heavy atom.